The summed E-state index contributed by atoms with van der Waals surface area (Å²) >= 11 is 0. The number of nitrogens with zero attached hydrogens (tertiary/aromatic N) is 3. The van der Waals surface area contributed by atoms with Crippen LogP contribution in [0.5, 0.6) is 0 Å². The third kappa shape index (κ3) is 1.74. The molecule has 0 spiro atoms. The van der Waals surface area contributed by atoms with Gasteiger partial charge < -0.3 is 9.40 Å². The number of hydrogen-bond acceptors (Lipinski definition) is 4. The van der Waals surface area contributed by atoms with Crippen molar-refractivity contribution in [1.29, 1.82) is 5.26 Å². The van der Waals surface area contributed by atoms with Gasteiger partial charge in [-0.15, -0.1) is 0 Å². The maximum atomic E-state index is 8.61. The first-order valence-electron chi connectivity index (χ1n) is 5.54. The van der Waals surface area contributed by atoms with Crippen LogP contribution in [0.2, 0.25) is 0 Å². The van der Waals surface area contributed by atoms with Crippen molar-refractivity contribution >= 4 is 11.1 Å². The molecule has 5 nitrogen and oxygen atoms in total. The summed E-state index contributed by atoms with van der Waals surface area (Å²) < 4.78 is 5.49. The molecule has 88 valence electrons. The van der Waals surface area contributed by atoms with Crippen molar-refractivity contribution in [2.45, 2.75) is 13.3 Å². The molecule has 0 saturated heterocycles. The number of benzene rings is 1. The predicted octanol–water partition coefficient (Wildman–Crippen LogP) is 2.59. The summed E-state index contributed by atoms with van der Waals surface area (Å²) in [6, 6.07) is 7.84. The molecule has 1 aromatic carbocycles. The molecule has 3 aromatic rings. The van der Waals surface area contributed by atoms with Crippen molar-refractivity contribution in [2.75, 3.05) is 0 Å². The lowest BCUT2D eigenvalue weighted by Gasteiger charge is -1.96. The van der Waals surface area contributed by atoms with E-state index in [4.69, 9.17) is 9.68 Å². The molecule has 18 heavy (non-hydrogen) atoms. The van der Waals surface area contributed by atoms with Gasteiger partial charge in [-0.05, 0) is 12.1 Å². The van der Waals surface area contributed by atoms with Gasteiger partial charge in [0.1, 0.15) is 11.3 Å². The van der Waals surface area contributed by atoms with E-state index in [1.54, 1.807) is 6.20 Å². The molecule has 0 aliphatic carbocycles. The number of imidazole rings is 1. The van der Waals surface area contributed by atoms with Crippen molar-refractivity contribution < 1.29 is 4.42 Å². The fourth-order valence-corrected chi connectivity index (χ4v) is 1.88. The van der Waals surface area contributed by atoms with Crippen LogP contribution in [0.15, 0.2) is 28.8 Å². The Kier molecular flexibility index (Phi) is 2.34. The zero-order valence-electron chi connectivity index (χ0n) is 9.77. The number of aromatic nitrogens is 3. The van der Waals surface area contributed by atoms with Crippen molar-refractivity contribution in [1.82, 2.24) is 15.0 Å². The van der Waals surface area contributed by atoms with Crippen molar-refractivity contribution in [2.24, 2.45) is 0 Å². The van der Waals surface area contributed by atoms with Gasteiger partial charge in [-0.2, -0.15) is 5.26 Å². The smallest absolute Gasteiger partial charge is 0.192 e. The van der Waals surface area contributed by atoms with Crippen LogP contribution in [-0.2, 0) is 6.42 Å². The Hall–Kier alpha value is -2.61. The summed E-state index contributed by atoms with van der Waals surface area (Å²) in [6.07, 6.45) is 2.00. The SMILES string of the molecule is Cc1nc2ccc(-c3cnc(CC#N)[nH]3)cc2o1. The number of fused-ring (bicyclic) bond motifs is 1. The predicted molar refractivity (Wildman–Crippen MR) is 65.6 cm³/mol. The number of aryl methyl sites for hydroxylation is 1. The van der Waals surface area contributed by atoms with Gasteiger partial charge in [0.05, 0.1) is 24.4 Å². The molecule has 0 amide bonds. The fourth-order valence-electron chi connectivity index (χ4n) is 1.88. The third-order valence-electron chi connectivity index (χ3n) is 2.68. The van der Waals surface area contributed by atoms with Gasteiger partial charge in [0.15, 0.2) is 11.5 Å². The van der Waals surface area contributed by atoms with Crippen molar-refractivity contribution in [3.8, 4) is 17.3 Å². The highest BCUT2D eigenvalue weighted by molar-refractivity contribution is 5.79. The highest BCUT2D eigenvalue weighted by Crippen LogP contribution is 2.23. The summed E-state index contributed by atoms with van der Waals surface area (Å²) in [7, 11) is 0. The second-order valence-corrected chi connectivity index (χ2v) is 3.99. The first-order valence-corrected chi connectivity index (χ1v) is 5.54. The van der Waals surface area contributed by atoms with E-state index in [0.717, 1.165) is 22.4 Å². The van der Waals surface area contributed by atoms with Crippen molar-refractivity contribution in [3.05, 3.63) is 36.1 Å². The number of rotatable bonds is 2. The largest absolute Gasteiger partial charge is 0.441 e. The topological polar surface area (TPSA) is 78.5 Å². The molecule has 3 rings (SSSR count). The molecule has 2 aromatic heterocycles. The molecular formula is C13H10N4O. The number of oxazole rings is 1. The van der Waals surface area contributed by atoms with Gasteiger partial charge in [0, 0.05) is 12.5 Å². The van der Waals surface area contributed by atoms with Gasteiger partial charge in [-0.3, -0.25) is 0 Å². The Morgan fingerprint density at radius 2 is 2.33 bits per heavy atom. The third-order valence-corrected chi connectivity index (χ3v) is 2.68. The zero-order valence-corrected chi connectivity index (χ0v) is 9.77. The lowest BCUT2D eigenvalue weighted by atomic mass is 10.1. The van der Waals surface area contributed by atoms with E-state index in [1.807, 2.05) is 25.1 Å². The molecule has 0 saturated carbocycles. The second kappa shape index (κ2) is 4.00. The monoisotopic (exact) mass is 238 g/mol. The van der Waals surface area contributed by atoms with Crippen LogP contribution < -0.4 is 0 Å². The summed E-state index contributed by atoms with van der Waals surface area (Å²) in [5.74, 6) is 1.32. The molecule has 0 atom stereocenters. The number of hydrogen-bond donors (Lipinski definition) is 1. The molecule has 5 heteroatoms. The minimum Gasteiger partial charge on any atom is -0.441 e. The van der Waals surface area contributed by atoms with E-state index in [9.17, 15) is 0 Å². The van der Waals surface area contributed by atoms with E-state index in [-0.39, 0.29) is 6.42 Å². The molecule has 0 radical (unpaired) electrons. The van der Waals surface area contributed by atoms with E-state index < -0.39 is 0 Å². The summed E-state index contributed by atoms with van der Waals surface area (Å²) in [6.45, 7) is 1.82. The fraction of sp³-hybridized carbons (Fsp3) is 0.154. The van der Waals surface area contributed by atoms with Gasteiger partial charge in [-0.1, -0.05) is 6.07 Å². The maximum Gasteiger partial charge on any atom is 0.192 e. The average molecular weight is 238 g/mol. The molecule has 1 N–H and O–H groups in total. The zero-order chi connectivity index (χ0) is 12.5. The number of H-pyrrole nitrogens is 1. The average Bonchev–Trinajstić information content (AvgIpc) is 2.93. The summed E-state index contributed by atoms with van der Waals surface area (Å²) in [5.41, 5.74) is 3.43. The number of nitrogens with one attached hydrogen (secondary N) is 1. The van der Waals surface area contributed by atoms with Gasteiger partial charge >= 0.3 is 0 Å². The first-order chi connectivity index (χ1) is 8.76. The molecular weight excluding hydrogens is 228 g/mol. The first kappa shape index (κ1) is 10.5. The van der Waals surface area contributed by atoms with Crippen LogP contribution in [0.25, 0.3) is 22.4 Å². The molecule has 0 bridgehead atoms. The van der Waals surface area contributed by atoms with E-state index in [0.29, 0.717) is 11.7 Å². The number of aromatic amines is 1. The Balaban J connectivity index is 2.04. The molecule has 0 aliphatic rings. The molecule has 0 aliphatic heterocycles. The quantitative estimate of drug-likeness (QED) is 0.744. The Morgan fingerprint density at radius 3 is 3.17 bits per heavy atom. The van der Waals surface area contributed by atoms with Crippen LogP contribution in [0.1, 0.15) is 11.7 Å². The standard InChI is InChI=1S/C13H10N4O/c1-8-16-10-3-2-9(6-12(10)18-8)11-7-15-13(17-11)4-5-14/h2-3,6-7H,4H2,1H3,(H,15,17). The van der Waals surface area contributed by atoms with Gasteiger partial charge in [-0.25, -0.2) is 9.97 Å². The molecule has 0 fully saturated rings. The van der Waals surface area contributed by atoms with Crippen LogP contribution in [-0.4, -0.2) is 15.0 Å². The summed E-state index contributed by atoms with van der Waals surface area (Å²) in [4.78, 5) is 11.5. The van der Waals surface area contributed by atoms with Crippen LogP contribution in [0, 0.1) is 18.3 Å². The summed E-state index contributed by atoms with van der Waals surface area (Å²) in [5, 5.41) is 8.61. The minimum absolute atomic E-state index is 0.281. The van der Waals surface area contributed by atoms with Crippen molar-refractivity contribution in [3.63, 3.8) is 0 Å². The van der Waals surface area contributed by atoms with E-state index in [1.165, 1.54) is 0 Å². The molecule has 2 heterocycles. The highest BCUT2D eigenvalue weighted by Gasteiger charge is 2.07. The maximum absolute atomic E-state index is 8.61. The van der Waals surface area contributed by atoms with Crippen LogP contribution in [0.3, 0.4) is 0 Å². The highest BCUT2D eigenvalue weighted by atomic mass is 16.3. The Morgan fingerprint density at radius 1 is 1.44 bits per heavy atom. The Labute approximate surface area is 103 Å². The van der Waals surface area contributed by atoms with E-state index in [2.05, 4.69) is 21.0 Å². The lowest BCUT2D eigenvalue weighted by Crippen LogP contribution is -1.84. The Bertz CT molecular complexity index is 748. The van der Waals surface area contributed by atoms with Crippen LogP contribution >= 0.6 is 0 Å². The van der Waals surface area contributed by atoms with E-state index >= 15 is 0 Å². The van der Waals surface area contributed by atoms with Gasteiger partial charge in [0.25, 0.3) is 0 Å². The minimum atomic E-state index is 0.281. The molecule has 0 unspecified atom stereocenters. The number of nitriles is 1. The van der Waals surface area contributed by atoms with Crippen LogP contribution in [0.4, 0.5) is 0 Å². The normalized spacial score (nSPS) is 10.7. The van der Waals surface area contributed by atoms with Gasteiger partial charge in [0.2, 0.25) is 0 Å². The second-order valence-electron chi connectivity index (χ2n) is 3.99. The lowest BCUT2D eigenvalue weighted by molar-refractivity contribution is 0.561.